The number of amides is 1. The number of thioether (sulfide) groups is 1. The Kier molecular flexibility index (Phi) is 7.83. The molecule has 4 rings (SSSR count). The summed E-state index contributed by atoms with van der Waals surface area (Å²) < 4.78 is 40.0. The van der Waals surface area contributed by atoms with Crippen LogP contribution >= 0.6 is 11.8 Å². The Bertz CT molecular complexity index is 1130. The van der Waals surface area contributed by atoms with E-state index in [9.17, 15) is 18.0 Å². The van der Waals surface area contributed by atoms with Crippen LogP contribution in [0.15, 0.2) is 65.6 Å². The highest BCUT2D eigenvalue weighted by Gasteiger charge is 2.48. The van der Waals surface area contributed by atoms with E-state index in [4.69, 9.17) is 14.0 Å². The van der Waals surface area contributed by atoms with Crippen molar-refractivity contribution < 1.29 is 32.0 Å². The fourth-order valence-electron chi connectivity index (χ4n) is 3.28. The average molecular weight is 492 g/mol. The number of carbonyl (C=O) groups excluding carboxylic acids is 2. The molecule has 2 atom stereocenters. The number of benzene rings is 2. The molecular formula is C23H25NO7S2. The first-order valence-electron chi connectivity index (χ1n) is 10.0. The van der Waals surface area contributed by atoms with Gasteiger partial charge in [0.2, 0.25) is 5.91 Å². The Labute approximate surface area is 197 Å². The van der Waals surface area contributed by atoms with Crippen LogP contribution in [0.2, 0.25) is 0 Å². The van der Waals surface area contributed by atoms with Crippen LogP contribution in [0.5, 0.6) is 5.75 Å². The summed E-state index contributed by atoms with van der Waals surface area (Å²) in [4.78, 5) is 25.6. The molecule has 0 spiro atoms. The second-order valence-corrected chi connectivity index (χ2v) is 10.2. The molecule has 176 valence electrons. The summed E-state index contributed by atoms with van der Waals surface area (Å²) in [7, 11) is -2.42. The maximum absolute atomic E-state index is 12.3. The van der Waals surface area contributed by atoms with Crippen molar-refractivity contribution in [2.75, 3.05) is 12.9 Å². The minimum Gasteiger partial charge on any atom is -0.497 e. The normalized spacial score (nSPS) is 19.5. The average Bonchev–Trinajstić information content (AvgIpc) is 2.78. The lowest BCUT2D eigenvalue weighted by Crippen LogP contribution is -2.61. The highest BCUT2D eigenvalue weighted by atomic mass is 32.2. The third kappa shape index (κ3) is 6.16. The number of methoxy groups -OCH3 is 1. The molecule has 1 N–H and O–H groups in total. The molecule has 0 saturated carbocycles. The van der Waals surface area contributed by atoms with Crippen LogP contribution in [0.3, 0.4) is 0 Å². The quantitative estimate of drug-likeness (QED) is 0.294. The summed E-state index contributed by atoms with van der Waals surface area (Å²) in [6, 6.07) is 12.7. The van der Waals surface area contributed by atoms with Gasteiger partial charge in [-0.2, -0.15) is 8.42 Å². The molecule has 2 aliphatic heterocycles. The first-order chi connectivity index (χ1) is 15.6. The minimum absolute atomic E-state index is 0.00949. The standard InChI is InChI=1S/C16H17NO4S.C7H8O3S/c1-10-9-22-14-7-13(18)17(14)15(10)16(19)21-8-11-3-5-12(20-2)6-4-11;1-6-2-4-7(5-3-6)11(8,9)10/h3-6,14-15H,1,7-9H2,2H3;2-5H,1H3,(H,8,9,10)/t14-,15?;/m0./s1. The molecule has 33 heavy (non-hydrogen) atoms. The zero-order chi connectivity index (χ0) is 24.2. The Morgan fingerprint density at radius 3 is 2.36 bits per heavy atom. The molecule has 2 aliphatic rings. The van der Waals surface area contributed by atoms with Gasteiger partial charge in [0, 0.05) is 5.75 Å². The molecule has 0 aliphatic carbocycles. The van der Waals surface area contributed by atoms with E-state index in [2.05, 4.69) is 6.58 Å². The van der Waals surface area contributed by atoms with E-state index in [1.807, 2.05) is 31.2 Å². The zero-order valence-electron chi connectivity index (χ0n) is 18.3. The first kappa shape index (κ1) is 24.8. The number of nitrogens with zero attached hydrogens (tertiary/aromatic N) is 1. The molecule has 2 aromatic carbocycles. The van der Waals surface area contributed by atoms with Gasteiger partial charge in [-0.3, -0.25) is 9.35 Å². The van der Waals surface area contributed by atoms with Crippen LogP contribution < -0.4 is 4.74 Å². The van der Waals surface area contributed by atoms with Crippen molar-refractivity contribution in [1.29, 1.82) is 0 Å². The molecule has 0 bridgehead atoms. The molecule has 1 unspecified atom stereocenters. The Morgan fingerprint density at radius 2 is 1.82 bits per heavy atom. The molecule has 8 nitrogen and oxygen atoms in total. The largest absolute Gasteiger partial charge is 0.497 e. The van der Waals surface area contributed by atoms with E-state index < -0.39 is 22.1 Å². The third-order valence-corrected chi connectivity index (χ3v) is 7.34. The highest BCUT2D eigenvalue weighted by Crippen LogP contribution is 2.39. The van der Waals surface area contributed by atoms with Crippen LogP contribution in [0.4, 0.5) is 0 Å². The summed E-state index contributed by atoms with van der Waals surface area (Å²) in [6.07, 6.45) is 0.500. The van der Waals surface area contributed by atoms with Crippen LogP contribution in [0, 0.1) is 6.92 Å². The maximum atomic E-state index is 12.3. The second-order valence-electron chi connectivity index (χ2n) is 7.58. The van der Waals surface area contributed by atoms with Gasteiger partial charge in [0.1, 0.15) is 12.4 Å². The predicted molar refractivity (Wildman–Crippen MR) is 124 cm³/mol. The number of carbonyl (C=O) groups is 2. The van der Waals surface area contributed by atoms with Crippen molar-refractivity contribution >= 4 is 33.8 Å². The lowest BCUT2D eigenvalue weighted by atomic mass is 10.0. The summed E-state index contributed by atoms with van der Waals surface area (Å²) in [5, 5.41) is 0.0940. The number of fused-ring (bicyclic) bond motifs is 1. The molecule has 2 heterocycles. The van der Waals surface area contributed by atoms with Crippen molar-refractivity contribution in [1.82, 2.24) is 4.90 Å². The number of β-lactam (4-membered cyclic amide) rings is 1. The van der Waals surface area contributed by atoms with Gasteiger partial charge in [0.05, 0.1) is 23.8 Å². The third-order valence-electron chi connectivity index (χ3n) is 5.16. The van der Waals surface area contributed by atoms with Crippen molar-refractivity contribution in [2.24, 2.45) is 0 Å². The van der Waals surface area contributed by atoms with Gasteiger partial charge in [0.25, 0.3) is 10.1 Å². The summed E-state index contributed by atoms with van der Waals surface area (Å²) in [5.74, 6) is 1.03. The number of rotatable bonds is 5. The van der Waals surface area contributed by atoms with Gasteiger partial charge in [-0.15, -0.1) is 11.8 Å². The van der Waals surface area contributed by atoms with Gasteiger partial charge >= 0.3 is 5.97 Å². The van der Waals surface area contributed by atoms with Crippen molar-refractivity contribution in [3.8, 4) is 5.75 Å². The fourth-order valence-corrected chi connectivity index (χ4v) is 4.98. The zero-order valence-corrected chi connectivity index (χ0v) is 19.9. The van der Waals surface area contributed by atoms with E-state index in [-0.39, 0.29) is 22.8 Å². The number of ether oxygens (including phenoxy) is 2. The highest BCUT2D eigenvalue weighted by molar-refractivity contribution is 8.00. The Balaban J connectivity index is 0.000000235. The van der Waals surface area contributed by atoms with E-state index in [0.717, 1.165) is 22.4 Å². The molecular weight excluding hydrogens is 466 g/mol. The lowest BCUT2D eigenvalue weighted by Gasteiger charge is -2.48. The Morgan fingerprint density at radius 1 is 1.18 bits per heavy atom. The van der Waals surface area contributed by atoms with E-state index in [1.54, 1.807) is 35.9 Å². The van der Waals surface area contributed by atoms with Gasteiger partial charge in [-0.25, -0.2) is 4.79 Å². The topological polar surface area (TPSA) is 110 Å². The van der Waals surface area contributed by atoms with Gasteiger partial charge in [-0.05, 0) is 42.3 Å². The van der Waals surface area contributed by atoms with Gasteiger partial charge in [-0.1, -0.05) is 36.4 Å². The SMILES string of the molecule is C=C1CS[C@H]2CC(=O)N2C1C(=O)OCc1ccc(OC)cc1.Cc1ccc(S(=O)(=O)O)cc1. The second kappa shape index (κ2) is 10.4. The number of hydrogen-bond donors (Lipinski definition) is 1. The fraction of sp³-hybridized carbons (Fsp3) is 0.304. The van der Waals surface area contributed by atoms with E-state index >= 15 is 0 Å². The van der Waals surface area contributed by atoms with Crippen LogP contribution in [0.1, 0.15) is 17.5 Å². The Hall–Kier alpha value is -2.82. The number of hydrogen-bond acceptors (Lipinski definition) is 7. The predicted octanol–water partition coefficient (Wildman–Crippen LogP) is 3.21. The van der Waals surface area contributed by atoms with Crippen LogP contribution in [0.25, 0.3) is 0 Å². The molecule has 2 fully saturated rings. The number of esters is 1. The molecule has 2 saturated heterocycles. The molecule has 1 amide bonds. The molecule has 2 aromatic rings. The summed E-state index contributed by atoms with van der Waals surface area (Å²) in [6.45, 7) is 5.93. The van der Waals surface area contributed by atoms with Crippen molar-refractivity contribution in [3.05, 3.63) is 71.8 Å². The molecule has 10 heteroatoms. The molecule has 0 radical (unpaired) electrons. The summed E-state index contributed by atoms with van der Waals surface area (Å²) >= 11 is 1.65. The molecule has 0 aromatic heterocycles. The van der Waals surface area contributed by atoms with Crippen molar-refractivity contribution in [2.45, 2.75) is 36.3 Å². The van der Waals surface area contributed by atoms with Crippen LogP contribution in [-0.2, 0) is 31.1 Å². The first-order valence-corrected chi connectivity index (χ1v) is 12.5. The van der Waals surface area contributed by atoms with Crippen LogP contribution in [-0.4, -0.2) is 54.0 Å². The monoisotopic (exact) mass is 491 g/mol. The smallest absolute Gasteiger partial charge is 0.333 e. The van der Waals surface area contributed by atoms with E-state index in [1.165, 1.54) is 12.1 Å². The van der Waals surface area contributed by atoms with Crippen molar-refractivity contribution in [3.63, 3.8) is 0 Å². The van der Waals surface area contributed by atoms with Gasteiger partial charge in [0.15, 0.2) is 6.04 Å². The maximum Gasteiger partial charge on any atom is 0.333 e. The number of aryl methyl sites for hydroxylation is 1. The van der Waals surface area contributed by atoms with E-state index in [0.29, 0.717) is 12.2 Å². The van der Waals surface area contributed by atoms with Gasteiger partial charge < -0.3 is 14.4 Å². The summed E-state index contributed by atoms with van der Waals surface area (Å²) in [5.41, 5.74) is 2.56. The lowest BCUT2D eigenvalue weighted by molar-refractivity contribution is -0.160. The minimum atomic E-state index is -4.02.